The van der Waals surface area contributed by atoms with Gasteiger partial charge in [0.05, 0.1) is 10.0 Å². The van der Waals surface area contributed by atoms with Gasteiger partial charge in [-0.1, -0.05) is 59.0 Å². The van der Waals surface area contributed by atoms with E-state index < -0.39 is 6.04 Å². The number of carbonyl (C=O) groups excluding carboxylic acids is 2. The van der Waals surface area contributed by atoms with Gasteiger partial charge in [0.25, 0.3) is 5.91 Å². The summed E-state index contributed by atoms with van der Waals surface area (Å²) in [6.07, 6.45) is 0. The number of aryl methyl sites for hydroxylation is 1. The minimum atomic E-state index is -0.684. The molecule has 8 heteroatoms. The van der Waals surface area contributed by atoms with E-state index in [0.717, 1.165) is 15.6 Å². The van der Waals surface area contributed by atoms with Crippen LogP contribution < -0.4 is 10.1 Å². The van der Waals surface area contributed by atoms with Crippen molar-refractivity contribution < 1.29 is 14.3 Å². The molecule has 1 N–H and O–H groups in total. The normalized spacial score (nSPS) is 11.9. The third-order valence-electron chi connectivity index (χ3n) is 4.68. The molecule has 31 heavy (non-hydrogen) atoms. The fourth-order valence-corrected chi connectivity index (χ4v) is 3.37. The molecular weight excluding hydrogens is 503 g/mol. The molecule has 0 bridgehead atoms. The summed E-state index contributed by atoms with van der Waals surface area (Å²) in [5.74, 6) is 0.361. The van der Waals surface area contributed by atoms with E-state index in [1.807, 2.05) is 32.9 Å². The van der Waals surface area contributed by atoms with Crippen molar-refractivity contribution in [3.05, 3.63) is 62.0 Å². The second-order valence-corrected chi connectivity index (χ2v) is 9.45. The van der Waals surface area contributed by atoms with E-state index in [9.17, 15) is 9.59 Å². The Morgan fingerprint density at radius 3 is 2.42 bits per heavy atom. The third-order valence-corrected chi connectivity index (χ3v) is 6.31. The van der Waals surface area contributed by atoms with E-state index in [1.54, 1.807) is 31.2 Å². The minimum absolute atomic E-state index is 0.190. The number of hydrogen-bond donors (Lipinski definition) is 1. The molecule has 0 radical (unpaired) electrons. The highest BCUT2D eigenvalue weighted by molar-refractivity contribution is 9.10. The lowest BCUT2D eigenvalue weighted by atomic mass is 10.1. The first-order valence-corrected chi connectivity index (χ1v) is 11.5. The number of ether oxygens (including phenoxy) is 1. The van der Waals surface area contributed by atoms with Gasteiger partial charge in [-0.05, 0) is 61.2 Å². The van der Waals surface area contributed by atoms with Crippen molar-refractivity contribution in [2.24, 2.45) is 5.92 Å². The zero-order valence-corrected chi connectivity index (χ0v) is 21.1. The number of nitrogens with zero attached hydrogens (tertiary/aromatic N) is 1. The molecule has 0 aliphatic carbocycles. The number of rotatable bonds is 9. The zero-order valence-electron chi connectivity index (χ0n) is 18.0. The predicted octanol–water partition coefficient (Wildman–Crippen LogP) is 5.63. The summed E-state index contributed by atoms with van der Waals surface area (Å²) in [4.78, 5) is 27.2. The summed E-state index contributed by atoms with van der Waals surface area (Å²) < 4.78 is 6.66. The number of nitrogens with one attached hydrogen (secondary N) is 1. The molecule has 2 aromatic rings. The number of benzene rings is 2. The van der Waals surface area contributed by atoms with Gasteiger partial charge in [0, 0.05) is 17.6 Å². The average molecular weight is 530 g/mol. The van der Waals surface area contributed by atoms with Gasteiger partial charge in [-0.3, -0.25) is 9.59 Å². The summed E-state index contributed by atoms with van der Waals surface area (Å²) in [6, 6.07) is 9.97. The van der Waals surface area contributed by atoms with Crippen LogP contribution in [-0.4, -0.2) is 35.9 Å². The average Bonchev–Trinajstić information content (AvgIpc) is 2.72. The molecule has 0 saturated heterocycles. The Morgan fingerprint density at radius 1 is 1.10 bits per heavy atom. The Bertz CT molecular complexity index is 937. The van der Waals surface area contributed by atoms with Crippen LogP contribution in [0.4, 0.5) is 0 Å². The fraction of sp³-hybridized carbons (Fsp3) is 0.391. The lowest BCUT2D eigenvalue weighted by molar-refractivity contribution is -0.142. The SMILES string of the molecule is Cc1cc(OCC(=O)N(Cc2ccc(Cl)c(Cl)c2)C(C)C(=O)NCC(C)C)ccc1Br. The van der Waals surface area contributed by atoms with Gasteiger partial charge in [-0.25, -0.2) is 0 Å². The van der Waals surface area contributed by atoms with Gasteiger partial charge < -0.3 is 15.0 Å². The Hall–Kier alpha value is -1.76. The van der Waals surface area contributed by atoms with Crippen molar-refractivity contribution in [3.63, 3.8) is 0 Å². The molecule has 0 fully saturated rings. The van der Waals surface area contributed by atoms with Crippen LogP contribution in [0.5, 0.6) is 5.75 Å². The highest BCUT2D eigenvalue weighted by Crippen LogP contribution is 2.24. The van der Waals surface area contributed by atoms with Gasteiger partial charge in [-0.15, -0.1) is 0 Å². The van der Waals surface area contributed by atoms with E-state index in [1.165, 1.54) is 4.90 Å². The molecule has 0 aliphatic rings. The standard InChI is InChI=1S/C23H27BrCl2N2O3/c1-14(2)11-27-23(30)16(4)28(12-17-5-8-20(25)21(26)10-17)22(29)13-31-18-6-7-19(24)15(3)9-18/h5-10,14,16H,11-13H2,1-4H3,(H,27,30). The number of carbonyl (C=O) groups is 2. The monoisotopic (exact) mass is 528 g/mol. The molecule has 2 amide bonds. The van der Waals surface area contributed by atoms with Crippen molar-refractivity contribution >= 4 is 50.9 Å². The molecule has 0 aromatic heterocycles. The molecule has 2 aromatic carbocycles. The van der Waals surface area contributed by atoms with Crippen molar-refractivity contribution in [1.82, 2.24) is 10.2 Å². The van der Waals surface area contributed by atoms with E-state index in [4.69, 9.17) is 27.9 Å². The highest BCUT2D eigenvalue weighted by atomic mass is 79.9. The molecule has 168 valence electrons. The molecular formula is C23H27BrCl2N2O3. The van der Waals surface area contributed by atoms with Crippen LogP contribution in [0.1, 0.15) is 31.9 Å². The molecule has 0 heterocycles. The summed E-state index contributed by atoms with van der Waals surface area (Å²) in [7, 11) is 0. The van der Waals surface area contributed by atoms with Crippen molar-refractivity contribution in [3.8, 4) is 5.75 Å². The molecule has 1 atom stereocenters. The summed E-state index contributed by atoms with van der Waals surface area (Å²) in [5.41, 5.74) is 1.77. The smallest absolute Gasteiger partial charge is 0.261 e. The van der Waals surface area contributed by atoms with Crippen molar-refractivity contribution in [2.45, 2.75) is 40.3 Å². The number of hydrogen-bond acceptors (Lipinski definition) is 3. The molecule has 5 nitrogen and oxygen atoms in total. The summed E-state index contributed by atoms with van der Waals surface area (Å²) >= 11 is 15.6. The predicted molar refractivity (Wildman–Crippen MR) is 129 cm³/mol. The molecule has 0 aliphatic heterocycles. The molecule has 2 rings (SSSR count). The lowest BCUT2D eigenvalue weighted by Gasteiger charge is -2.29. The Kier molecular flexibility index (Phi) is 9.66. The van der Waals surface area contributed by atoms with Crippen molar-refractivity contribution in [2.75, 3.05) is 13.2 Å². The topological polar surface area (TPSA) is 58.6 Å². The maximum absolute atomic E-state index is 13.1. The zero-order chi connectivity index (χ0) is 23.1. The summed E-state index contributed by atoms with van der Waals surface area (Å²) in [5, 5.41) is 3.71. The van der Waals surface area contributed by atoms with Crippen LogP contribution in [0, 0.1) is 12.8 Å². The second kappa shape index (κ2) is 11.7. The van der Waals surface area contributed by atoms with Gasteiger partial charge in [-0.2, -0.15) is 0 Å². The highest BCUT2D eigenvalue weighted by Gasteiger charge is 2.26. The van der Waals surface area contributed by atoms with Gasteiger partial charge in [0.1, 0.15) is 11.8 Å². The van der Waals surface area contributed by atoms with Crippen LogP contribution in [0.15, 0.2) is 40.9 Å². The van der Waals surface area contributed by atoms with Crippen molar-refractivity contribution in [1.29, 1.82) is 0 Å². The summed E-state index contributed by atoms with van der Waals surface area (Å²) in [6.45, 7) is 8.21. The van der Waals surface area contributed by atoms with Gasteiger partial charge in [0.2, 0.25) is 5.91 Å². The molecule has 1 unspecified atom stereocenters. The van der Waals surface area contributed by atoms with E-state index in [2.05, 4.69) is 21.2 Å². The van der Waals surface area contributed by atoms with Crippen LogP contribution in [0.3, 0.4) is 0 Å². The Labute approximate surface area is 202 Å². The van der Waals surface area contributed by atoms with Crippen LogP contribution in [0.2, 0.25) is 10.0 Å². The number of halogens is 3. The Morgan fingerprint density at radius 2 is 1.81 bits per heavy atom. The van der Waals surface area contributed by atoms with Crippen LogP contribution in [0.25, 0.3) is 0 Å². The van der Waals surface area contributed by atoms with Gasteiger partial charge >= 0.3 is 0 Å². The van der Waals surface area contributed by atoms with Gasteiger partial charge in [0.15, 0.2) is 6.61 Å². The first kappa shape index (κ1) is 25.5. The largest absolute Gasteiger partial charge is 0.484 e. The Balaban J connectivity index is 2.17. The maximum Gasteiger partial charge on any atom is 0.261 e. The first-order chi connectivity index (χ1) is 14.6. The van der Waals surface area contributed by atoms with Crippen LogP contribution >= 0.6 is 39.1 Å². The van der Waals surface area contributed by atoms with E-state index >= 15 is 0 Å². The number of amides is 2. The molecule has 0 saturated carbocycles. The molecule has 0 spiro atoms. The fourth-order valence-electron chi connectivity index (χ4n) is 2.80. The first-order valence-electron chi connectivity index (χ1n) is 9.98. The van der Waals surface area contributed by atoms with E-state index in [-0.39, 0.29) is 25.0 Å². The third kappa shape index (κ3) is 7.70. The quantitative estimate of drug-likeness (QED) is 0.457. The second-order valence-electron chi connectivity index (χ2n) is 7.78. The maximum atomic E-state index is 13.1. The lowest BCUT2D eigenvalue weighted by Crippen LogP contribution is -2.49. The minimum Gasteiger partial charge on any atom is -0.484 e. The van der Waals surface area contributed by atoms with E-state index in [0.29, 0.717) is 28.3 Å². The van der Waals surface area contributed by atoms with Crippen LogP contribution in [-0.2, 0) is 16.1 Å².